The molecular weight excluding hydrogens is 703 g/mol. The third-order valence-corrected chi connectivity index (χ3v) is 10.7. The average molecular weight is 781 g/mol. The molecule has 0 bridgehead atoms. The Labute approximate surface area is 328 Å². The summed E-state index contributed by atoms with van der Waals surface area (Å²) in [5.41, 5.74) is 0. The minimum absolute atomic E-state index is 0.0369. The molecule has 11 heteroatoms. The minimum atomic E-state index is -4.64. The van der Waals surface area contributed by atoms with Gasteiger partial charge in [0.25, 0.3) is 7.82 Å². The SMILES string of the molecule is CCCCCCCCCCCCC/C=C/[C@@H](O)[C@H](COP(=O)([O-])OCC[N+](C)(C)C)NC(=O)CCC/C=C\C[C@H]1C=CC(=O)[C@@H]1/C=C/[C@@H](O)CCCCC. The third-order valence-electron chi connectivity index (χ3n) is 9.78. The second-order valence-corrected chi connectivity index (χ2v) is 17.4. The van der Waals surface area contributed by atoms with Crippen LogP contribution in [0.1, 0.15) is 142 Å². The van der Waals surface area contributed by atoms with Crippen molar-refractivity contribution in [1.82, 2.24) is 5.32 Å². The van der Waals surface area contributed by atoms with Crippen LogP contribution in [0.3, 0.4) is 0 Å². The molecule has 0 radical (unpaired) electrons. The highest BCUT2D eigenvalue weighted by atomic mass is 31.2. The Bertz CT molecular complexity index is 1160. The van der Waals surface area contributed by atoms with Crippen LogP contribution in [0.2, 0.25) is 0 Å². The van der Waals surface area contributed by atoms with Crippen LogP contribution in [0.25, 0.3) is 0 Å². The molecule has 1 rings (SSSR count). The Kier molecular flexibility index (Phi) is 28.1. The highest BCUT2D eigenvalue weighted by molar-refractivity contribution is 7.45. The van der Waals surface area contributed by atoms with Crippen LogP contribution in [-0.4, -0.2) is 85.5 Å². The number of phosphoric acid groups is 1. The first-order valence-corrected chi connectivity index (χ1v) is 22.5. The van der Waals surface area contributed by atoms with Crippen LogP contribution in [0.4, 0.5) is 0 Å². The minimum Gasteiger partial charge on any atom is -0.756 e. The van der Waals surface area contributed by atoms with E-state index < -0.39 is 32.7 Å². The zero-order valence-corrected chi connectivity index (χ0v) is 35.4. The number of carbonyl (C=O) groups excluding carboxylic acids is 2. The van der Waals surface area contributed by atoms with Gasteiger partial charge in [0.2, 0.25) is 5.91 Å². The van der Waals surface area contributed by atoms with Crippen molar-refractivity contribution in [2.45, 2.75) is 161 Å². The van der Waals surface area contributed by atoms with Gasteiger partial charge in [-0.3, -0.25) is 14.2 Å². The topological polar surface area (TPSA) is 145 Å². The number of amides is 1. The van der Waals surface area contributed by atoms with Crippen molar-refractivity contribution in [3.05, 3.63) is 48.6 Å². The molecule has 3 N–H and O–H groups in total. The Morgan fingerprint density at radius 3 is 2.13 bits per heavy atom. The summed E-state index contributed by atoms with van der Waals surface area (Å²) in [6, 6.07) is -0.965. The molecule has 6 atom stereocenters. The van der Waals surface area contributed by atoms with Crippen molar-refractivity contribution < 1.29 is 42.8 Å². The predicted octanol–water partition coefficient (Wildman–Crippen LogP) is 8.28. The lowest BCUT2D eigenvalue weighted by molar-refractivity contribution is -0.870. The van der Waals surface area contributed by atoms with Gasteiger partial charge in [-0.05, 0) is 50.5 Å². The van der Waals surface area contributed by atoms with Crippen LogP contribution < -0.4 is 10.2 Å². The molecule has 0 saturated heterocycles. The van der Waals surface area contributed by atoms with Gasteiger partial charge in [0.05, 0.1) is 46.0 Å². The highest BCUT2D eigenvalue weighted by Gasteiger charge is 2.27. The molecule has 312 valence electrons. The Morgan fingerprint density at radius 1 is 0.870 bits per heavy atom. The normalized spacial score (nSPS) is 19.3. The number of quaternary nitrogens is 1. The fourth-order valence-electron chi connectivity index (χ4n) is 6.26. The van der Waals surface area contributed by atoms with Crippen LogP contribution >= 0.6 is 7.82 Å². The molecule has 1 aliphatic rings. The summed E-state index contributed by atoms with van der Waals surface area (Å²) in [4.78, 5) is 37.8. The smallest absolute Gasteiger partial charge is 0.268 e. The van der Waals surface area contributed by atoms with Gasteiger partial charge in [-0.25, -0.2) is 0 Å². The van der Waals surface area contributed by atoms with Crippen molar-refractivity contribution >= 4 is 19.5 Å². The summed E-state index contributed by atoms with van der Waals surface area (Å²) >= 11 is 0. The number of likely N-dealkylation sites (N-methyl/N-ethyl adjacent to an activating group) is 1. The number of rotatable bonds is 34. The first-order valence-electron chi connectivity index (χ1n) is 21.1. The third kappa shape index (κ3) is 26.8. The van der Waals surface area contributed by atoms with Crippen LogP contribution in [0.15, 0.2) is 48.6 Å². The van der Waals surface area contributed by atoms with E-state index >= 15 is 0 Å². The number of unbranched alkanes of at least 4 members (excludes halogenated alkanes) is 14. The summed E-state index contributed by atoms with van der Waals surface area (Å²) in [6.07, 6.45) is 33.5. The van der Waals surface area contributed by atoms with Crippen molar-refractivity contribution in [2.75, 3.05) is 40.9 Å². The van der Waals surface area contributed by atoms with Gasteiger partial charge in [0.15, 0.2) is 5.78 Å². The van der Waals surface area contributed by atoms with Crippen LogP contribution in [-0.2, 0) is 23.2 Å². The molecule has 54 heavy (non-hydrogen) atoms. The van der Waals surface area contributed by atoms with E-state index in [9.17, 15) is 29.3 Å². The maximum Gasteiger partial charge on any atom is 0.268 e. The maximum atomic E-state index is 12.9. The number of nitrogens with zero attached hydrogens (tertiary/aromatic N) is 1. The molecule has 0 saturated carbocycles. The lowest BCUT2D eigenvalue weighted by Gasteiger charge is -2.29. The Morgan fingerprint density at radius 2 is 1.48 bits per heavy atom. The first kappa shape index (κ1) is 50.1. The number of aliphatic hydroxyl groups is 2. The van der Waals surface area contributed by atoms with Crippen molar-refractivity contribution in [1.29, 1.82) is 0 Å². The fourth-order valence-corrected chi connectivity index (χ4v) is 6.98. The number of hydrogen-bond acceptors (Lipinski definition) is 8. The molecule has 0 aromatic carbocycles. The van der Waals surface area contributed by atoms with E-state index in [1.807, 2.05) is 51.5 Å². The van der Waals surface area contributed by atoms with E-state index in [4.69, 9.17) is 9.05 Å². The molecule has 0 heterocycles. The van der Waals surface area contributed by atoms with Crippen molar-refractivity contribution in [3.8, 4) is 0 Å². The first-order chi connectivity index (χ1) is 25.8. The molecule has 0 aromatic rings. The second-order valence-electron chi connectivity index (χ2n) is 16.0. The summed E-state index contributed by atoms with van der Waals surface area (Å²) in [6.45, 7) is 4.34. The van der Waals surface area contributed by atoms with E-state index in [0.29, 0.717) is 36.7 Å². The van der Waals surface area contributed by atoms with E-state index in [-0.39, 0.29) is 36.6 Å². The van der Waals surface area contributed by atoms with E-state index in [2.05, 4.69) is 19.2 Å². The number of hydrogen-bond donors (Lipinski definition) is 3. The second kappa shape index (κ2) is 30.3. The molecule has 1 amide bonds. The van der Waals surface area contributed by atoms with Gasteiger partial charge >= 0.3 is 0 Å². The highest BCUT2D eigenvalue weighted by Crippen LogP contribution is 2.38. The quantitative estimate of drug-likeness (QED) is 0.0256. The summed E-state index contributed by atoms with van der Waals surface area (Å²) in [5, 5.41) is 23.9. The summed E-state index contributed by atoms with van der Waals surface area (Å²) < 4.78 is 23.1. The fraction of sp³-hybridized carbons (Fsp3) is 0.767. The number of allylic oxidation sites excluding steroid dienone is 6. The molecule has 1 unspecified atom stereocenters. The lowest BCUT2D eigenvalue weighted by Crippen LogP contribution is -2.45. The van der Waals surface area contributed by atoms with Crippen molar-refractivity contribution in [2.24, 2.45) is 11.8 Å². The zero-order valence-electron chi connectivity index (χ0n) is 34.5. The number of ketones is 1. The molecule has 1 aliphatic carbocycles. The Balaban J connectivity index is 2.57. The van der Waals surface area contributed by atoms with Gasteiger partial charge in [-0.15, -0.1) is 0 Å². The van der Waals surface area contributed by atoms with Crippen LogP contribution in [0.5, 0.6) is 0 Å². The molecule has 0 aromatic heterocycles. The van der Waals surface area contributed by atoms with Gasteiger partial charge in [-0.2, -0.15) is 0 Å². The lowest BCUT2D eigenvalue weighted by atomic mass is 9.90. The van der Waals surface area contributed by atoms with Gasteiger partial charge in [0, 0.05) is 12.3 Å². The molecule has 0 fully saturated rings. The number of phosphoric ester groups is 1. The number of carbonyl (C=O) groups is 2. The predicted molar refractivity (Wildman–Crippen MR) is 219 cm³/mol. The Hall–Kier alpha value is -1.91. The number of nitrogens with one attached hydrogen (secondary N) is 1. The van der Waals surface area contributed by atoms with Gasteiger partial charge in [0.1, 0.15) is 13.2 Å². The maximum absolute atomic E-state index is 12.9. The zero-order chi connectivity index (χ0) is 40.1. The summed E-state index contributed by atoms with van der Waals surface area (Å²) in [5.74, 6) is -0.493. The van der Waals surface area contributed by atoms with E-state index in [0.717, 1.165) is 38.5 Å². The standard InChI is InChI=1S/C43H77N2O8P/c1-6-8-10-11-12-13-14-15-16-17-18-19-24-28-42(48)40(36-53-54(50,51)52-35-34-45(3,4)5)44-43(49)29-25-21-20-23-26-37-30-33-41(47)39(37)32-31-38(46)27-22-9-7-2/h20,23-24,28,30-33,37-40,42,46,48H,6-19,21-22,25-27,29,34-36H2,1-5H3,(H-,44,49,50,51)/b23-20-,28-24+,32-31+/t37-,38-,39+,40-,42+/m0/s1. The van der Waals surface area contributed by atoms with Crippen LogP contribution in [0, 0.1) is 11.8 Å². The van der Waals surface area contributed by atoms with Gasteiger partial charge in [-0.1, -0.05) is 140 Å². The van der Waals surface area contributed by atoms with E-state index in [1.165, 1.54) is 57.8 Å². The average Bonchev–Trinajstić information content (AvgIpc) is 3.46. The van der Waals surface area contributed by atoms with E-state index in [1.54, 1.807) is 18.2 Å². The number of aliphatic hydroxyl groups excluding tert-OH is 2. The molecule has 0 spiro atoms. The van der Waals surface area contributed by atoms with Gasteiger partial charge < -0.3 is 34.0 Å². The summed E-state index contributed by atoms with van der Waals surface area (Å²) in [7, 11) is 1.13. The molecule has 0 aliphatic heterocycles. The largest absolute Gasteiger partial charge is 0.756 e. The van der Waals surface area contributed by atoms with Crippen molar-refractivity contribution in [3.63, 3.8) is 0 Å². The monoisotopic (exact) mass is 781 g/mol. The molecular formula is C43H77N2O8P. The molecule has 10 nitrogen and oxygen atoms in total.